The lowest BCUT2D eigenvalue weighted by Gasteiger charge is -2.37. The van der Waals surface area contributed by atoms with Gasteiger partial charge in [-0.05, 0) is 36.2 Å². The number of halogens is 10. The van der Waals surface area contributed by atoms with Crippen LogP contribution in [0.1, 0.15) is 11.1 Å². The molecule has 2 rings (SSSR count). The van der Waals surface area contributed by atoms with Crippen molar-refractivity contribution in [2.75, 3.05) is 0 Å². The number of nitrogens with zero attached hydrogens (tertiary/aromatic N) is 1. The van der Waals surface area contributed by atoms with Crippen molar-refractivity contribution >= 4 is 21.6 Å². The summed E-state index contributed by atoms with van der Waals surface area (Å²) in [4.78, 5) is 9.85. The normalized spacial score (nSPS) is 15.0. The van der Waals surface area contributed by atoms with Crippen molar-refractivity contribution < 1.29 is 44.4 Å². The minimum atomic E-state index is -6.87. The summed E-state index contributed by atoms with van der Waals surface area (Å²) in [5, 5.41) is 10.7. The Labute approximate surface area is 170 Å². The Balaban J connectivity index is 2.95. The second-order valence-corrected chi connectivity index (χ2v) is 7.06. The SMILES string of the molecule is Cc1cc(Br)c(-c2ccc([N+](=O)[O-])cc2)c(C(F)(C(F)(F)F)C(F)(F)C(F)(F)F)c1. The minimum Gasteiger partial charge on any atom is -0.258 e. The minimum absolute atomic E-state index is 0.231. The van der Waals surface area contributed by atoms with Crippen molar-refractivity contribution in [3.05, 3.63) is 62.1 Å². The van der Waals surface area contributed by atoms with Crippen LogP contribution in [0.4, 0.5) is 45.2 Å². The van der Waals surface area contributed by atoms with Crippen LogP contribution >= 0.6 is 15.9 Å². The Morgan fingerprint density at radius 2 is 1.37 bits per heavy atom. The van der Waals surface area contributed by atoms with Crippen LogP contribution in [0.5, 0.6) is 0 Å². The van der Waals surface area contributed by atoms with Crippen LogP contribution < -0.4 is 0 Å². The van der Waals surface area contributed by atoms with Gasteiger partial charge in [0.25, 0.3) is 5.69 Å². The van der Waals surface area contributed by atoms with Gasteiger partial charge >= 0.3 is 23.9 Å². The molecule has 1 atom stereocenters. The molecule has 164 valence electrons. The van der Waals surface area contributed by atoms with Gasteiger partial charge in [-0.15, -0.1) is 0 Å². The van der Waals surface area contributed by atoms with E-state index in [1.54, 1.807) is 0 Å². The van der Waals surface area contributed by atoms with Gasteiger partial charge in [0, 0.05) is 27.7 Å². The molecular weight excluding hydrogens is 501 g/mol. The molecule has 0 N–H and O–H groups in total. The molecule has 0 spiro atoms. The maximum absolute atomic E-state index is 15.1. The Morgan fingerprint density at radius 1 is 0.867 bits per heavy atom. The second kappa shape index (κ2) is 7.43. The molecule has 2 aromatic rings. The zero-order valence-corrected chi connectivity index (χ0v) is 16.1. The lowest BCUT2D eigenvalue weighted by atomic mass is 9.82. The lowest BCUT2D eigenvalue weighted by Crippen LogP contribution is -2.60. The molecule has 2 aromatic carbocycles. The Kier molecular flexibility index (Phi) is 5.94. The van der Waals surface area contributed by atoms with Crippen molar-refractivity contribution in [2.24, 2.45) is 0 Å². The van der Waals surface area contributed by atoms with E-state index in [1.807, 2.05) is 0 Å². The summed E-state index contributed by atoms with van der Waals surface area (Å²) >= 11 is 2.76. The second-order valence-electron chi connectivity index (χ2n) is 6.20. The fourth-order valence-corrected chi connectivity index (χ4v) is 3.56. The molecule has 0 saturated heterocycles. The molecule has 0 amide bonds. The van der Waals surface area contributed by atoms with E-state index in [0.717, 1.165) is 37.3 Å². The van der Waals surface area contributed by atoms with Crippen LogP contribution in [-0.4, -0.2) is 23.2 Å². The van der Waals surface area contributed by atoms with Gasteiger partial charge in [0.2, 0.25) is 0 Å². The highest BCUT2D eigenvalue weighted by Gasteiger charge is 2.82. The molecular formula is C17H9BrF9NO2. The molecule has 0 aliphatic carbocycles. The number of nitro groups is 1. The van der Waals surface area contributed by atoms with Crippen molar-refractivity contribution in [2.45, 2.75) is 30.9 Å². The summed E-state index contributed by atoms with van der Waals surface area (Å²) in [7, 11) is 0. The molecule has 0 bridgehead atoms. The van der Waals surface area contributed by atoms with Gasteiger partial charge in [0.15, 0.2) is 0 Å². The summed E-state index contributed by atoms with van der Waals surface area (Å²) < 4.78 is 122. The zero-order chi connectivity index (χ0) is 23.3. The van der Waals surface area contributed by atoms with Gasteiger partial charge in [-0.3, -0.25) is 10.1 Å². The monoisotopic (exact) mass is 509 g/mol. The first-order chi connectivity index (χ1) is 13.4. The van der Waals surface area contributed by atoms with Gasteiger partial charge in [0.1, 0.15) is 0 Å². The molecule has 0 aromatic heterocycles. The maximum Gasteiger partial charge on any atom is 0.457 e. The van der Waals surface area contributed by atoms with Crippen molar-refractivity contribution in [3.63, 3.8) is 0 Å². The average Bonchev–Trinajstić information content (AvgIpc) is 2.58. The molecule has 0 aliphatic heterocycles. The smallest absolute Gasteiger partial charge is 0.258 e. The van der Waals surface area contributed by atoms with Crippen molar-refractivity contribution in [1.82, 2.24) is 0 Å². The van der Waals surface area contributed by atoms with Gasteiger partial charge in [-0.2, -0.15) is 35.1 Å². The first kappa shape index (κ1) is 24.0. The third-order valence-electron chi connectivity index (χ3n) is 4.15. The fraction of sp³-hybridized carbons (Fsp3) is 0.294. The molecule has 0 heterocycles. The largest absolute Gasteiger partial charge is 0.457 e. The number of alkyl halides is 9. The molecule has 13 heteroatoms. The van der Waals surface area contributed by atoms with E-state index in [9.17, 15) is 45.2 Å². The number of non-ortho nitro benzene ring substituents is 1. The van der Waals surface area contributed by atoms with Gasteiger partial charge in [0.05, 0.1) is 4.92 Å². The number of aryl methyl sites for hydroxylation is 1. The highest BCUT2D eigenvalue weighted by molar-refractivity contribution is 9.10. The van der Waals surface area contributed by atoms with E-state index in [4.69, 9.17) is 0 Å². The predicted molar refractivity (Wildman–Crippen MR) is 90.8 cm³/mol. The third kappa shape index (κ3) is 3.74. The van der Waals surface area contributed by atoms with E-state index in [0.29, 0.717) is 0 Å². The summed E-state index contributed by atoms with van der Waals surface area (Å²) in [5.74, 6) is -6.85. The van der Waals surface area contributed by atoms with Crippen LogP contribution in [0.15, 0.2) is 40.9 Å². The van der Waals surface area contributed by atoms with Crippen molar-refractivity contribution in [3.8, 4) is 11.1 Å². The number of nitro benzene ring substituents is 1. The Hall–Kier alpha value is -2.31. The lowest BCUT2D eigenvalue weighted by molar-refractivity contribution is -0.389. The highest BCUT2D eigenvalue weighted by atomic mass is 79.9. The molecule has 1 unspecified atom stereocenters. The maximum atomic E-state index is 15.1. The van der Waals surface area contributed by atoms with Crippen LogP contribution in [0, 0.1) is 17.0 Å². The van der Waals surface area contributed by atoms with Gasteiger partial charge in [-0.25, -0.2) is 4.39 Å². The highest BCUT2D eigenvalue weighted by Crippen LogP contribution is 2.60. The van der Waals surface area contributed by atoms with Crippen LogP contribution in [0.3, 0.4) is 0 Å². The van der Waals surface area contributed by atoms with Gasteiger partial charge < -0.3 is 0 Å². The average molecular weight is 510 g/mol. The zero-order valence-electron chi connectivity index (χ0n) is 14.5. The molecule has 0 saturated carbocycles. The number of hydrogen-bond acceptors (Lipinski definition) is 2. The predicted octanol–water partition coefficient (Wildman–Crippen LogP) is 7.26. The summed E-state index contributed by atoms with van der Waals surface area (Å²) in [6.45, 7) is 1.07. The number of hydrogen-bond donors (Lipinski definition) is 0. The van der Waals surface area contributed by atoms with E-state index < -0.39 is 55.7 Å². The topological polar surface area (TPSA) is 43.1 Å². The molecule has 30 heavy (non-hydrogen) atoms. The first-order valence-corrected chi connectivity index (χ1v) is 8.50. The van der Waals surface area contributed by atoms with E-state index in [-0.39, 0.29) is 11.6 Å². The van der Waals surface area contributed by atoms with Crippen molar-refractivity contribution in [1.29, 1.82) is 0 Å². The first-order valence-electron chi connectivity index (χ1n) is 7.70. The van der Waals surface area contributed by atoms with E-state index in [2.05, 4.69) is 15.9 Å². The molecule has 3 nitrogen and oxygen atoms in total. The third-order valence-corrected chi connectivity index (χ3v) is 4.78. The summed E-state index contributed by atoms with van der Waals surface area (Å²) in [5.41, 5.74) is -10.3. The quantitative estimate of drug-likeness (QED) is 0.247. The standard InChI is InChI=1S/C17H9BrF9NO2/c1-8-6-11(14(19,16(22,23)24)15(20,21)17(25,26)27)13(12(18)7-8)9-2-4-10(5-3-9)28(29)30/h2-7H,1H3. The van der Waals surface area contributed by atoms with E-state index in [1.165, 1.54) is 0 Å². The van der Waals surface area contributed by atoms with Crippen LogP contribution in [-0.2, 0) is 5.67 Å². The number of rotatable bonds is 4. The number of benzene rings is 2. The van der Waals surface area contributed by atoms with Gasteiger partial charge in [-0.1, -0.05) is 22.0 Å². The Morgan fingerprint density at radius 3 is 1.77 bits per heavy atom. The molecule has 0 fully saturated rings. The Bertz CT molecular complexity index is 971. The van der Waals surface area contributed by atoms with Crippen LogP contribution in [0.2, 0.25) is 0 Å². The van der Waals surface area contributed by atoms with E-state index >= 15 is 4.39 Å². The molecule has 0 radical (unpaired) electrons. The molecule has 0 aliphatic rings. The van der Waals surface area contributed by atoms with Crippen LogP contribution in [0.25, 0.3) is 11.1 Å². The fourth-order valence-electron chi connectivity index (χ4n) is 2.75. The summed E-state index contributed by atoms with van der Waals surface area (Å²) in [6.07, 6.45) is -13.5. The summed E-state index contributed by atoms with van der Waals surface area (Å²) in [6, 6.07) is 4.47.